The van der Waals surface area contributed by atoms with Crippen LogP contribution in [0.1, 0.15) is 25.8 Å². The molecule has 0 saturated carbocycles. The van der Waals surface area contributed by atoms with Crippen molar-refractivity contribution < 1.29 is 23.8 Å². The molecule has 1 aliphatic heterocycles. The first-order valence-electron chi connectivity index (χ1n) is 7.93. The molecule has 25 heavy (non-hydrogen) atoms. The Hall–Kier alpha value is -2.76. The van der Waals surface area contributed by atoms with Gasteiger partial charge in [-0.3, -0.25) is 14.5 Å². The van der Waals surface area contributed by atoms with Gasteiger partial charge in [-0.1, -0.05) is 5.57 Å². The summed E-state index contributed by atoms with van der Waals surface area (Å²) in [7, 11) is 4.58. The third-order valence-corrected chi connectivity index (χ3v) is 4.29. The summed E-state index contributed by atoms with van der Waals surface area (Å²) in [6.07, 6.45) is 3.72. The van der Waals surface area contributed by atoms with Gasteiger partial charge in [0.15, 0.2) is 11.5 Å². The maximum atomic E-state index is 12.4. The Balaban J connectivity index is 2.24. The van der Waals surface area contributed by atoms with E-state index in [0.29, 0.717) is 41.4 Å². The van der Waals surface area contributed by atoms with Crippen molar-refractivity contribution in [1.29, 1.82) is 0 Å². The fourth-order valence-corrected chi connectivity index (χ4v) is 2.62. The summed E-state index contributed by atoms with van der Waals surface area (Å²) in [5.74, 6) is 0.902. The van der Waals surface area contributed by atoms with Gasteiger partial charge >= 0.3 is 0 Å². The number of benzene rings is 1. The van der Waals surface area contributed by atoms with Gasteiger partial charge < -0.3 is 14.2 Å². The molecule has 0 radical (unpaired) electrons. The lowest BCUT2D eigenvalue weighted by atomic mass is 10.0. The maximum absolute atomic E-state index is 12.4. The minimum Gasteiger partial charge on any atom is -0.493 e. The Kier molecular flexibility index (Phi) is 5.85. The monoisotopic (exact) mass is 345 g/mol. The predicted molar refractivity (Wildman–Crippen MR) is 94.8 cm³/mol. The molecule has 1 aliphatic rings. The van der Waals surface area contributed by atoms with Crippen LogP contribution < -0.4 is 14.2 Å². The van der Waals surface area contributed by atoms with Crippen molar-refractivity contribution in [3.63, 3.8) is 0 Å². The number of rotatable bonds is 5. The summed E-state index contributed by atoms with van der Waals surface area (Å²) in [5, 5.41) is 0. The highest BCUT2D eigenvalue weighted by Gasteiger charge is 2.25. The molecule has 1 heterocycles. The first-order valence-corrected chi connectivity index (χ1v) is 7.93. The van der Waals surface area contributed by atoms with Gasteiger partial charge in [0, 0.05) is 18.2 Å². The van der Waals surface area contributed by atoms with Crippen molar-refractivity contribution >= 4 is 17.9 Å². The van der Waals surface area contributed by atoms with Gasteiger partial charge in [0.25, 0.3) is 11.8 Å². The van der Waals surface area contributed by atoms with Crippen molar-refractivity contribution in [1.82, 2.24) is 4.90 Å². The molecule has 0 saturated heterocycles. The van der Waals surface area contributed by atoms with Crippen LogP contribution in [-0.4, -0.2) is 44.6 Å². The molecule has 0 fully saturated rings. The van der Waals surface area contributed by atoms with Crippen molar-refractivity contribution in [2.24, 2.45) is 0 Å². The molecule has 0 atom stereocenters. The highest BCUT2D eigenvalue weighted by atomic mass is 16.5. The lowest BCUT2D eigenvalue weighted by Crippen LogP contribution is -2.40. The molecule has 1 aromatic rings. The van der Waals surface area contributed by atoms with Crippen LogP contribution in [0.4, 0.5) is 0 Å². The van der Waals surface area contributed by atoms with Crippen LogP contribution in [0.5, 0.6) is 17.2 Å². The van der Waals surface area contributed by atoms with E-state index < -0.39 is 0 Å². The summed E-state index contributed by atoms with van der Waals surface area (Å²) < 4.78 is 15.9. The van der Waals surface area contributed by atoms with Crippen molar-refractivity contribution in [2.75, 3.05) is 27.9 Å². The van der Waals surface area contributed by atoms with E-state index in [1.165, 1.54) is 32.3 Å². The van der Waals surface area contributed by atoms with E-state index in [0.717, 1.165) is 5.57 Å². The zero-order valence-electron chi connectivity index (χ0n) is 15.2. The van der Waals surface area contributed by atoms with Crippen LogP contribution in [0.2, 0.25) is 0 Å². The van der Waals surface area contributed by atoms with Gasteiger partial charge in [-0.15, -0.1) is 0 Å². The SMILES string of the molecule is COc1cc(C=CC(=O)N2CCC(C)=C(C)C2=O)cc(OC)c1OC. The number of methoxy groups -OCH3 is 3. The average Bonchev–Trinajstić information content (AvgIpc) is 2.63. The quantitative estimate of drug-likeness (QED) is 0.768. The van der Waals surface area contributed by atoms with E-state index in [1.807, 2.05) is 6.92 Å². The smallest absolute Gasteiger partial charge is 0.256 e. The summed E-state index contributed by atoms with van der Waals surface area (Å²) in [6, 6.07) is 3.47. The van der Waals surface area contributed by atoms with Crippen LogP contribution in [0, 0.1) is 0 Å². The van der Waals surface area contributed by atoms with E-state index >= 15 is 0 Å². The van der Waals surface area contributed by atoms with Crippen LogP contribution in [0.25, 0.3) is 6.08 Å². The minimum absolute atomic E-state index is 0.233. The number of imide groups is 1. The minimum atomic E-state index is -0.342. The van der Waals surface area contributed by atoms with Crippen molar-refractivity contribution in [3.05, 3.63) is 34.9 Å². The molecule has 0 unspecified atom stereocenters. The second kappa shape index (κ2) is 7.88. The molecule has 134 valence electrons. The Morgan fingerprint density at radius 3 is 2.20 bits per heavy atom. The summed E-state index contributed by atoms with van der Waals surface area (Å²) in [4.78, 5) is 25.9. The lowest BCUT2D eigenvalue weighted by Gasteiger charge is -2.25. The average molecular weight is 345 g/mol. The molecule has 6 nitrogen and oxygen atoms in total. The fourth-order valence-electron chi connectivity index (χ4n) is 2.62. The van der Waals surface area contributed by atoms with E-state index in [2.05, 4.69) is 0 Å². The number of hydrogen-bond acceptors (Lipinski definition) is 5. The predicted octanol–water partition coefficient (Wildman–Crippen LogP) is 2.82. The molecular formula is C19H23NO5. The number of hydrogen-bond donors (Lipinski definition) is 0. The topological polar surface area (TPSA) is 65.1 Å². The molecule has 0 aliphatic carbocycles. The number of amides is 2. The van der Waals surface area contributed by atoms with E-state index in [4.69, 9.17) is 14.2 Å². The molecule has 2 amide bonds. The molecule has 0 bridgehead atoms. The van der Waals surface area contributed by atoms with Gasteiger partial charge in [0.2, 0.25) is 5.75 Å². The van der Waals surface area contributed by atoms with E-state index in [1.54, 1.807) is 25.1 Å². The van der Waals surface area contributed by atoms with Crippen LogP contribution >= 0.6 is 0 Å². The normalized spacial score (nSPS) is 14.9. The highest BCUT2D eigenvalue weighted by Crippen LogP contribution is 2.38. The Bertz CT molecular complexity index is 723. The Morgan fingerprint density at radius 2 is 1.68 bits per heavy atom. The number of nitrogens with zero attached hydrogens (tertiary/aromatic N) is 1. The third-order valence-electron chi connectivity index (χ3n) is 4.29. The molecule has 0 aromatic heterocycles. The summed E-state index contributed by atoms with van der Waals surface area (Å²) in [6.45, 7) is 4.07. The second-order valence-electron chi connectivity index (χ2n) is 5.74. The second-order valence-corrected chi connectivity index (χ2v) is 5.74. The third kappa shape index (κ3) is 3.84. The number of ether oxygens (including phenoxy) is 3. The molecule has 0 spiro atoms. The molecule has 1 aromatic carbocycles. The van der Waals surface area contributed by atoms with Crippen molar-refractivity contribution in [2.45, 2.75) is 20.3 Å². The van der Waals surface area contributed by atoms with Crippen LogP contribution in [-0.2, 0) is 9.59 Å². The number of carbonyl (C=O) groups excluding carboxylic acids is 2. The molecule has 2 rings (SSSR count). The van der Waals surface area contributed by atoms with E-state index in [-0.39, 0.29) is 11.8 Å². The van der Waals surface area contributed by atoms with Gasteiger partial charge in [-0.2, -0.15) is 0 Å². The van der Waals surface area contributed by atoms with Gasteiger partial charge in [-0.25, -0.2) is 0 Å². The van der Waals surface area contributed by atoms with Gasteiger partial charge in [0.1, 0.15) is 0 Å². The lowest BCUT2D eigenvalue weighted by molar-refractivity contribution is -0.139. The largest absolute Gasteiger partial charge is 0.493 e. The zero-order chi connectivity index (χ0) is 18.6. The highest BCUT2D eigenvalue weighted by molar-refractivity contribution is 6.09. The first-order chi connectivity index (χ1) is 11.9. The summed E-state index contributed by atoms with van der Waals surface area (Å²) >= 11 is 0. The first kappa shape index (κ1) is 18.6. The van der Waals surface area contributed by atoms with Gasteiger partial charge in [0.05, 0.1) is 21.3 Å². The van der Waals surface area contributed by atoms with E-state index in [9.17, 15) is 9.59 Å². The molecular weight excluding hydrogens is 322 g/mol. The van der Waals surface area contributed by atoms with Gasteiger partial charge in [-0.05, 0) is 44.0 Å². The summed E-state index contributed by atoms with van der Waals surface area (Å²) in [5.41, 5.74) is 2.37. The van der Waals surface area contributed by atoms with Crippen LogP contribution in [0.15, 0.2) is 29.4 Å². The maximum Gasteiger partial charge on any atom is 0.256 e. The Morgan fingerprint density at radius 1 is 1.08 bits per heavy atom. The Labute approximate surface area is 147 Å². The zero-order valence-corrected chi connectivity index (χ0v) is 15.2. The van der Waals surface area contributed by atoms with Crippen molar-refractivity contribution in [3.8, 4) is 17.2 Å². The standard InChI is InChI=1S/C19H23NO5/c1-12-8-9-20(19(22)13(12)2)17(21)7-6-14-10-15(23-3)18(25-5)16(11-14)24-4/h6-7,10-11H,8-9H2,1-5H3. The fraction of sp³-hybridized carbons (Fsp3) is 0.368. The molecule has 0 N–H and O–H groups in total. The molecule has 6 heteroatoms. The van der Waals surface area contributed by atoms with Crippen LogP contribution in [0.3, 0.4) is 0 Å². The number of carbonyl (C=O) groups is 2.